The summed E-state index contributed by atoms with van der Waals surface area (Å²) in [5, 5.41) is 3.10. The third-order valence-corrected chi connectivity index (χ3v) is 4.45. The predicted molar refractivity (Wildman–Crippen MR) is 80.9 cm³/mol. The van der Waals surface area contributed by atoms with Gasteiger partial charge in [0.05, 0.1) is 12.6 Å². The summed E-state index contributed by atoms with van der Waals surface area (Å²) in [6.07, 6.45) is 9.18. The van der Waals surface area contributed by atoms with Gasteiger partial charge in [0, 0.05) is 26.1 Å². The van der Waals surface area contributed by atoms with Gasteiger partial charge in [-0.25, -0.2) is 0 Å². The molecule has 0 radical (unpaired) electrons. The van der Waals surface area contributed by atoms with Crippen LogP contribution in [0.15, 0.2) is 0 Å². The van der Waals surface area contributed by atoms with Crippen molar-refractivity contribution in [2.45, 2.75) is 70.4 Å². The van der Waals surface area contributed by atoms with Gasteiger partial charge in [0.2, 0.25) is 11.8 Å². The standard InChI is InChI=1S/C16H28N2O3/c1-13(19)18(11-15-9-6-10-21-15)12-16(20)17-14-7-4-2-3-5-8-14/h14-15H,2-12H2,1H3,(H,17,20). The van der Waals surface area contributed by atoms with Gasteiger partial charge in [0.15, 0.2) is 0 Å². The van der Waals surface area contributed by atoms with Crippen LogP contribution in [-0.2, 0) is 14.3 Å². The smallest absolute Gasteiger partial charge is 0.239 e. The Hall–Kier alpha value is -1.10. The highest BCUT2D eigenvalue weighted by Gasteiger charge is 2.23. The molecule has 1 saturated heterocycles. The molecule has 2 fully saturated rings. The van der Waals surface area contributed by atoms with Crippen molar-refractivity contribution in [1.82, 2.24) is 10.2 Å². The molecule has 0 bridgehead atoms. The first-order valence-electron chi connectivity index (χ1n) is 8.31. The van der Waals surface area contributed by atoms with E-state index in [1.54, 1.807) is 4.90 Å². The van der Waals surface area contributed by atoms with E-state index in [0.717, 1.165) is 32.3 Å². The lowest BCUT2D eigenvalue weighted by Gasteiger charge is -2.25. The molecule has 1 atom stereocenters. The average molecular weight is 296 g/mol. The van der Waals surface area contributed by atoms with Crippen LogP contribution < -0.4 is 5.32 Å². The first-order valence-corrected chi connectivity index (χ1v) is 8.31. The van der Waals surface area contributed by atoms with Crippen LogP contribution in [0.2, 0.25) is 0 Å². The molecule has 5 heteroatoms. The van der Waals surface area contributed by atoms with E-state index in [9.17, 15) is 9.59 Å². The van der Waals surface area contributed by atoms with E-state index in [1.807, 2.05) is 0 Å². The first-order chi connectivity index (χ1) is 10.1. The van der Waals surface area contributed by atoms with Gasteiger partial charge < -0.3 is 15.0 Å². The van der Waals surface area contributed by atoms with Crippen LogP contribution in [0.3, 0.4) is 0 Å². The number of hydrogen-bond acceptors (Lipinski definition) is 3. The molecule has 1 heterocycles. The molecule has 1 unspecified atom stereocenters. The highest BCUT2D eigenvalue weighted by molar-refractivity contribution is 5.83. The number of nitrogens with zero attached hydrogens (tertiary/aromatic N) is 1. The maximum atomic E-state index is 12.2. The molecular weight excluding hydrogens is 268 g/mol. The van der Waals surface area contributed by atoms with Crippen molar-refractivity contribution in [3.8, 4) is 0 Å². The molecule has 2 aliphatic rings. The van der Waals surface area contributed by atoms with E-state index < -0.39 is 0 Å². The van der Waals surface area contributed by atoms with Crippen LogP contribution in [0, 0.1) is 0 Å². The van der Waals surface area contributed by atoms with Crippen LogP contribution in [0.1, 0.15) is 58.3 Å². The minimum Gasteiger partial charge on any atom is -0.376 e. The zero-order valence-corrected chi connectivity index (χ0v) is 13.1. The Morgan fingerprint density at radius 1 is 1.10 bits per heavy atom. The van der Waals surface area contributed by atoms with E-state index in [1.165, 1.54) is 32.6 Å². The molecule has 1 saturated carbocycles. The zero-order valence-electron chi connectivity index (χ0n) is 13.1. The van der Waals surface area contributed by atoms with Crippen LogP contribution in [0.25, 0.3) is 0 Å². The van der Waals surface area contributed by atoms with Gasteiger partial charge in [-0.3, -0.25) is 9.59 Å². The minimum atomic E-state index is -0.0542. The van der Waals surface area contributed by atoms with Crippen LogP contribution in [0.5, 0.6) is 0 Å². The monoisotopic (exact) mass is 296 g/mol. The molecule has 21 heavy (non-hydrogen) atoms. The maximum Gasteiger partial charge on any atom is 0.239 e. The van der Waals surface area contributed by atoms with Crippen molar-refractivity contribution < 1.29 is 14.3 Å². The molecule has 1 aliphatic carbocycles. The largest absolute Gasteiger partial charge is 0.376 e. The lowest BCUT2D eigenvalue weighted by Crippen LogP contribution is -2.45. The Bertz CT molecular complexity index is 345. The number of ether oxygens (including phenoxy) is 1. The second-order valence-corrected chi connectivity index (χ2v) is 6.29. The molecule has 120 valence electrons. The van der Waals surface area contributed by atoms with Gasteiger partial charge in [0.1, 0.15) is 0 Å². The summed E-state index contributed by atoms with van der Waals surface area (Å²) in [7, 11) is 0. The summed E-state index contributed by atoms with van der Waals surface area (Å²) in [4.78, 5) is 25.5. The number of nitrogens with one attached hydrogen (secondary N) is 1. The third-order valence-electron chi connectivity index (χ3n) is 4.45. The fourth-order valence-electron chi connectivity index (χ4n) is 3.21. The molecule has 0 aromatic heterocycles. The van der Waals surface area contributed by atoms with Crippen molar-refractivity contribution in [3.05, 3.63) is 0 Å². The summed E-state index contributed by atoms with van der Waals surface area (Å²) in [5.74, 6) is -0.0865. The Balaban J connectivity index is 1.78. The molecule has 1 N–H and O–H groups in total. The SMILES string of the molecule is CC(=O)N(CC(=O)NC1CCCCCC1)CC1CCCO1. The fraction of sp³-hybridized carbons (Fsp3) is 0.875. The molecule has 0 aromatic rings. The van der Waals surface area contributed by atoms with E-state index >= 15 is 0 Å². The number of carbonyl (C=O) groups is 2. The Morgan fingerprint density at radius 2 is 1.81 bits per heavy atom. The molecular formula is C16H28N2O3. The Kier molecular flexibility index (Phi) is 6.49. The van der Waals surface area contributed by atoms with Gasteiger partial charge in [0.25, 0.3) is 0 Å². The van der Waals surface area contributed by atoms with E-state index in [-0.39, 0.29) is 30.5 Å². The van der Waals surface area contributed by atoms with Crippen molar-refractivity contribution in [2.24, 2.45) is 0 Å². The summed E-state index contributed by atoms with van der Waals surface area (Å²) >= 11 is 0. The summed E-state index contributed by atoms with van der Waals surface area (Å²) in [6, 6.07) is 0.288. The fourth-order valence-corrected chi connectivity index (χ4v) is 3.21. The number of rotatable bonds is 5. The number of amides is 2. The molecule has 5 nitrogen and oxygen atoms in total. The van der Waals surface area contributed by atoms with E-state index in [4.69, 9.17) is 4.74 Å². The summed E-state index contributed by atoms with van der Waals surface area (Å²) in [5.41, 5.74) is 0. The second-order valence-electron chi connectivity index (χ2n) is 6.29. The maximum absolute atomic E-state index is 12.2. The van der Waals surface area contributed by atoms with Crippen molar-refractivity contribution in [3.63, 3.8) is 0 Å². The van der Waals surface area contributed by atoms with Crippen molar-refractivity contribution in [2.75, 3.05) is 19.7 Å². The van der Waals surface area contributed by atoms with Gasteiger partial charge in [-0.2, -0.15) is 0 Å². The van der Waals surface area contributed by atoms with E-state index in [2.05, 4.69) is 5.32 Å². The Labute approximate surface area is 127 Å². The highest BCUT2D eigenvalue weighted by Crippen LogP contribution is 2.17. The minimum absolute atomic E-state index is 0.0323. The summed E-state index contributed by atoms with van der Waals surface area (Å²) < 4.78 is 5.56. The Morgan fingerprint density at radius 3 is 2.38 bits per heavy atom. The average Bonchev–Trinajstić information content (AvgIpc) is 2.81. The molecule has 0 aromatic carbocycles. The normalized spacial score (nSPS) is 23.6. The lowest BCUT2D eigenvalue weighted by molar-refractivity contribution is -0.136. The van der Waals surface area contributed by atoms with Gasteiger partial charge in [-0.1, -0.05) is 25.7 Å². The van der Waals surface area contributed by atoms with Crippen LogP contribution in [0.4, 0.5) is 0 Å². The highest BCUT2D eigenvalue weighted by atomic mass is 16.5. The molecule has 1 aliphatic heterocycles. The molecule has 2 amide bonds. The zero-order chi connectivity index (χ0) is 15.1. The number of hydrogen-bond donors (Lipinski definition) is 1. The topological polar surface area (TPSA) is 58.6 Å². The summed E-state index contributed by atoms with van der Waals surface area (Å²) in [6.45, 7) is 2.98. The van der Waals surface area contributed by atoms with Crippen molar-refractivity contribution in [1.29, 1.82) is 0 Å². The lowest BCUT2D eigenvalue weighted by atomic mass is 10.1. The number of carbonyl (C=O) groups excluding carboxylic acids is 2. The predicted octanol–water partition coefficient (Wildman–Crippen LogP) is 1.85. The first kappa shape index (κ1) is 16.3. The van der Waals surface area contributed by atoms with Crippen LogP contribution in [-0.4, -0.2) is 48.6 Å². The van der Waals surface area contributed by atoms with Gasteiger partial charge in [-0.05, 0) is 25.7 Å². The third kappa shape index (κ3) is 5.65. The molecule has 2 rings (SSSR count). The van der Waals surface area contributed by atoms with Gasteiger partial charge >= 0.3 is 0 Å². The van der Waals surface area contributed by atoms with E-state index in [0.29, 0.717) is 6.54 Å². The van der Waals surface area contributed by atoms with Crippen molar-refractivity contribution >= 4 is 11.8 Å². The van der Waals surface area contributed by atoms with Gasteiger partial charge in [-0.15, -0.1) is 0 Å². The molecule has 0 spiro atoms. The second kappa shape index (κ2) is 8.37. The van der Waals surface area contributed by atoms with Crippen LogP contribution >= 0.6 is 0 Å². The quantitative estimate of drug-likeness (QED) is 0.788.